The zero-order valence-corrected chi connectivity index (χ0v) is 13.1. The molecular formula is C17H27NO2. The first-order valence-electron chi connectivity index (χ1n) is 7.58. The summed E-state index contributed by atoms with van der Waals surface area (Å²) in [6.45, 7) is 9.67. The van der Waals surface area contributed by atoms with Gasteiger partial charge in [0.05, 0.1) is 13.2 Å². The summed E-state index contributed by atoms with van der Waals surface area (Å²) in [7, 11) is 1.71. The highest BCUT2D eigenvalue weighted by Crippen LogP contribution is 2.28. The molecule has 3 heteroatoms. The van der Waals surface area contributed by atoms with Crippen LogP contribution in [0, 0.1) is 11.8 Å². The molecule has 0 spiro atoms. The first-order valence-corrected chi connectivity index (χ1v) is 7.58. The standard InChI is InChI=1S/C17H27NO2/c1-12-7-8-18(10-13(12)2)11-16-9-15(14(3)19)5-6-17(16)20-4/h5-6,9,12-14,19H,7-8,10-11H2,1-4H3. The highest BCUT2D eigenvalue weighted by molar-refractivity contribution is 5.38. The van der Waals surface area contributed by atoms with E-state index in [4.69, 9.17) is 4.74 Å². The molecule has 0 amide bonds. The summed E-state index contributed by atoms with van der Waals surface area (Å²) in [6, 6.07) is 5.98. The Bertz CT molecular complexity index is 445. The zero-order valence-electron chi connectivity index (χ0n) is 13.1. The van der Waals surface area contributed by atoms with E-state index in [1.54, 1.807) is 14.0 Å². The molecule has 3 atom stereocenters. The second-order valence-electron chi connectivity index (χ2n) is 6.23. The van der Waals surface area contributed by atoms with Crippen LogP contribution in [0.3, 0.4) is 0 Å². The van der Waals surface area contributed by atoms with Crippen LogP contribution in [0.5, 0.6) is 5.75 Å². The number of ether oxygens (including phenoxy) is 1. The molecule has 112 valence electrons. The largest absolute Gasteiger partial charge is 0.496 e. The van der Waals surface area contributed by atoms with E-state index in [0.717, 1.165) is 42.8 Å². The van der Waals surface area contributed by atoms with Gasteiger partial charge in [-0.2, -0.15) is 0 Å². The molecule has 1 aliphatic heterocycles. The van der Waals surface area contributed by atoms with Gasteiger partial charge in [-0.15, -0.1) is 0 Å². The molecule has 0 aliphatic carbocycles. The van der Waals surface area contributed by atoms with E-state index in [0.29, 0.717) is 0 Å². The maximum Gasteiger partial charge on any atom is 0.123 e. The first kappa shape index (κ1) is 15.3. The maximum absolute atomic E-state index is 9.74. The molecule has 1 fully saturated rings. The third-order valence-corrected chi connectivity index (χ3v) is 4.60. The van der Waals surface area contributed by atoms with Crippen molar-refractivity contribution < 1.29 is 9.84 Å². The Morgan fingerprint density at radius 3 is 2.70 bits per heavy atom. The van der Waals surface area contributed by atoms with Crippen LogP contribution in [-0.4, -0.2) is 30.2 Å². The molecule has 1 aliphatic rings. The predicted octanol–water partition coefficient (Wildman–Crippen LogP) is 3.23. The van der Waals surface area contributed by atoms with E-state index in [1.807, 2.05) is 12.1 Å². The Morgan fingerprint density at radius 1 is 1.35 bits per heavy atom. The van der Waals surface area contributed by atoms with Gasteiger partial charge >= 0.3 is 0 Å². The average Bonchev–Trinajstić information content (AvgIpc) is 2.42. The SMILES string of the molecule is COc1ccc(C(C)O)cc1CN1CCC(C)C(C)C1. The molecule has 1 aromatic carbocycles. The number of benzene rings is 1. The van der Waals surface area contributed by atoms with Gasteiger partial charge in [-0.05, 0) is 49.4 Å². The maximum atomic E-state index is 9.74. The number of rotatable bonds is 4. The second kappa shape index (κ2) is 6.59. The van der Waals surface area contributed by atoms with Crippen molar-refractivity contribution in [3.05, 3.63) is 29.3 Å². The van der Waals surface area contributed by atoms with Crippen LogP contribution >= 0.6 is 0 Å². The normalized spacial score (nSPS) is 25.4. The Hall–Kier alpha value is -1.06. The van der Waals surface area contributed by atoms with Crippen LogP contribution in [0.15, 0.2) is 18.2 Å². The number of piperidine rings is 1. The van der Waals surface area contributed by atoms with Gasteiger partial charge in [0.15, 0.2) is 0 Å². The van der Waals surface area contributed by atoms with Crippen molar-refractivity contribution in [3.63, 3.8) is 0 Å². The van der Waals surface area contributed by atoms with Crippen molar-refractivity contribution in [2.24, 2.45) is 11.8 Å². The lowest BCUT2D eigenvalue weighted by Gasteiger charge is -2.35. The summed E-state index contributed by atoms with van der Waals surface area (Å²) >= 11 is 0. The summed E-state index contributed by atoms with van der Waals surface area (Å²) in [4.78, 5) is 2.49. The number of likely N-dealkylation sites (tertiary alicyclic amines) is 1. The van der Waals surface area contributed by atoms with Gasteiger partial charge in [0.2, 0.25) is 0 Å². The van der Waals surface area contributed by atoms with Crippen LogP contribution in [0.2, 0.25) is 0 Å². The molecule has 1 aromatic rings. The average molecular weight is 277 g/mol. The number of hydrogen-bond donors (Lipinski definition) is 1. The molecule has 1 saturated heterocycles. The van der Waals surface area contributed by atoms with E-state index in [1.165, 1.54) is 12.0 Å². The Balaban J connectivity index is 2.13. The number of methoxy groups -OCH3 is 1. The zero-order chi connectivity index (χ0) is 14.7. The molecule has 0 saturated carbocycles. The monoisotopic (exact) mass is 277 g/mol. The highest BCUT2D eigenvalue weighted by Gasteiger charge is 2.23. The Labute approximate surface area is 122 Å². The third-order valence-electron chi connectivity index (χ3n) is 4.60. The first-order chi connectivity index (χ1) is 9.51. The minimum atomic E-state index is -0.431. The van der Waals surface area contributed by atoms with Crippen molar-refractivity contribution in [2.45, 2.75) is 39.8 Å². The van der Waals surface area contributed by atoms with Crippen molar-refractivity contribution in [3.8, 4) is 5.75 Å². The van der Waals surface area contributed by atoms with Crippen LogP contribution in [0.4, 0.5) is 0 Å². The van der Waals surface area contributed by atoms with Gasteiger partial charge in [-0.3, -0.25) is 4.90 Å². The quantitative estimate of drug-likeness (QED) is 0.917. The fourth-order valence-electron chi connectivity index (χ4n) is 2.92. The summed E-state index contributed by atoms with van der Waals surface area (Å²) in [5, 5.41) is 9.74. The minimum absolute atomic E-state index is 0.431. The van der Waals surface area contributed by atoms with Gasteiger partial charge in [0.1, 0.15) is 5.75 Å². The molecule has 1 N–H and O–H groups in total. The van der Waals surface area contributed by atoms with E-state index in [9.17, 15) is 5.11 Å². The van der Waals surface area contributed by atoms with Gasteiger partial charge < -0.3 is 9.84 Å². The van der Waals surface area contributed by atoms with Crippen molar-refractivity contribution in [1.29, 1.82) is 0 Å². The third kappa shape index (κ3) is 3.53. The van der Waals surface area contributed by atoms with E-state index in [-0.39, 0.29) is 0 Å². The van der Waals surface area contributed by atoms with E-state index in [2.05, 4.69) is 24.8 Å². The summed E-state index contributed by atoms with van der Waals surface area (Å²) in [6.07, 6.45) is 0.833. The van der Waals surface area contributed by atoms with Gasteiger partial charge in [-0.1, -0.05) is 19.9 Å². The van der Waals surface area contributed by atoms with E-state index >= 15 is 0 Å². The number of nitrogens with zero attached hydrogens (tertiary/aromatic N) is 1. The molecular weight excluding hydrogens is 250 g/mol. The van der Waals surface area contributed by atoms with Gasteiger partial charge in [0, 0.05) is 18.7 Å². The van der Waals surface area contributed by atoms with Crippen molar-refractivity contribution in [1.82, 2.24) is 4.90 Å². The molecule has 2 rings (SSSR count). The lowest BCUT2D eigenvalue weighted by atomic mass is 9.88. The molecule has 0 bridgehead atoms. The van der Waals surface area contributed by atoms with Crippen LogP contribution < -0.4 is 4.74 Å². The molecule has 20 heavy (non-hydrogen) atoms. The van der Waals surface area contributed by atoms with Gasteiger partial charge in [-0.25, -0.2) is 0 Å². The molecule has 3 nitrogen and oxygen atoms in total. The fraction of sp³-hybridized carbons (Fsp3) is 0.647. The lowest BCUT2D eigenvalue weighted by Crippen LogP contribution is -2.37. The highest BCUT2D eigenvalue weighted by atomic mass is 16.5. The molecule has 0 aromatic heterocycles. The smallest absolute Gasteiger partial charge is 0.123 e. The van der Waals surface area contributed by atoms with Crippen LogP contribution in [-0.2, 0) is 6.54 Å². The Kier molecular flexibility index (Phi) is 5.06. The minimum Gasteiger partial charge on any atom is -0.496 e. The fourth-order valence-corrected chi connectivity index (χ4v) is 2.92. The number of hydrogen-bond acceptors (Lipinski definition) is 3. The Morgan fingerprint density at radius 2 is 2.10 bits per heavy atom. The second-order valence-corrected chi connectivity index (χ2v) is 6.23. The van der Waals surface area contributed by atoms with Crippen molar-refractivity contribution in [2.75, 3.05) is 20.2 Å². The molecule has 0 radical (unpaired) electrons. The van der Waals surface area contributed by atoms with Crippen LogP contribution in [0.1, 0.15) is 44.4 Å². The summed E-state index contributed by atoms with van der Waals surface area (Å²) in [5.41, 5.74) is 2.13. The molecule has 1 heterocycles. The lowest BCUT2D eigenvalue weighted by molar-refractivity contribution is 0.131. The van der Waals surface area contributed by atoms with Gasteiger partial charge in [0.25, 0.3) is 0 Å². The van der Waals surface area contributed by atoms with Crippen molar-refractivity contribution >= 4 is 0 Å². The van der Waals surface area contributed by atoms with E-state index < -0.39 is 6.10 Å². The summed E-state index contributed by atoms with van der Waals surface area (Å²) < 4.78 is 5.46. The summed E-state index contributed by atoms with van der Waals surface area (Å²) in [5.74, 6) is 2.48. The topological polar surface area (TPSA) is 32.7 Å². The number of aliphatic hydroxyl groups is 1. The number of aliphatic hydroxyl groups excluding tert-OH is 1. The molecule has 3 unspecified atom stereocenters. The predicted molar refractivity (Wildman–Crippen MR) is 81.8 cm³/mol. The van der Waals surface area contributed by atoms with Crippen LogP contribution in [0.25, 0.3) is 0 Å².